The number of carbonyl (C=O) groups excluding carboxylic acids is 3. The van der Waals surface area contributed by atoms with Crippen LogP contribution < -0.4 is 4.74 Å². The highest BCUT2D eigenvalue weighted by Crippen LogP contribution is 2.34. The van der Waals surface area contributed by atoms with Crippen molar-refractivity contribution >= 4 is 17.8 Å². The van der Waals surface area contributed by atoms with Crippen LogP contribution >= 0.6 is 0 Å². The Labute approximate surface area is 122 Å². The van der Waals surface area contributed by atoms with Gasteiger partial charge in [-0.3, -0.25) is 14.5 Å². The van der Waals surface area contributed by atoms with Crippen molar-refractivity contribution in [2.45, 2.75) is 12.8 Å². The Kier molecular flexibility index (Phi) is 3.56. The van der Waals surface area contributed by atoms with E-state index in [1.54, 1.807) is 24.3 Å². The molecule has 1 aromatic rings. The largest absolute Gasteiger partial charge is 0.425 e. The highest BCUT2D eigenvalue weighted by molar-refractivity contribution is 6.07. The van der Waals surface area contributed by atoms with Crippen molar-refractivity contribution in [3.8, 4) is 5.75 Å². The van der Waals surface area contributed by atoms with Crippen LogP contribution in [0.15, 0.2) is 42.5 Å². The lowest BCUT2D eigenvalue weighted by Crippen LogP contribution is -2.37. The van der Waals surface area contributed by atoms with Gasteiger partial charge < -0.3 is 4.74 Å². The van der Waals surface area contributed by atoms with Crippen LogP contribution in [0.25, 0.3) is 0 Å². The summed E-state index contributed by atoms with van der Waals surface area (Å²) in [6, 6.07) is 8.59. The molecule has 5 heteroatoms. The minimum Gasteiger partial charge on any atom is -0.425 e. The van der Waals surface area contributed by atoms with Crippen molar-refractivity contribution in [2.75, 3.05) is 6.54 Å². The van der Waals surface area contributed by atoms with E-state index in [4.69, 9.17) is 4.74 Å². The van der Waals surface area contributed by atoms with Crippen molar-refractivity contribution in [3.63, 3.8) is 0 Å². The molecule has 1 aromatic carbocycles. The quantitative estimate of drug-likeness (QED) is 0.366. The number of rotatable bonds is 3. The molecule has 21 heavy (non-hydrogen) atoms. The number of amides is 2. The smallest absolute Gasteiger partial charge is 0.331 e. The molecule has 0 radical (unpaired) electrons. The van der Waals surface area contributed by atoms with Gasteiger partial charge in [0.05, 0.1) is 11.8 Å². The first kappa shape index (κ1) is 13.5. The molecule has 0 spiro atoms. The molecule has 0 aromatic heterocycles. The van der Waals surface area contributed by atoms with E-state index in [-0.39, 0.29) is 30.2 Å². The summed E-state index contributed by atoms with van der Waals surface area (Å²) in [5.41, 5.74) is 0. The van der Waals surface area contributed by atoms with E-state index >= 15 is 0 Å². The van der Waals surface area contributed by atoms with E-state index in [1.807, 2.05) is 18.2 Å². The lowest BCUT2D eigenvalue weighted by Gasteiger charge is -2.14. The molecule has 2 amide bonds. The summed E-state index contributed by atoms with van der Waals surface area (Å²) in [7, 11) is 0. The van der Waals surface area contributed by atoms with Crippen LogP contribution in [-0.2, 0) is 14.4 Å². The number of benzene rings is 1. The third-order valence-corrected chi connectivity index (χ3v) is 3.86. The maximum Gasteiger partial charge on any atom is 0.331 e. The number of carbonyl (C=O) groups is 3. The van der Waals surface area contributed by atoms with Gasteiger partial charge in [-0.05, 0) is 25.0 Å². The van der Waals surface area contributed by atoms with E-state index in [9.17, 15) is 14.4 Å². The van der Waals surface area contributed by atoms with Gasteiger partial charge >= 0.3 is 5.97 Å². The number of para-hydroxylation sites is 1. The van der Waals surface area contributed by atoms with Crippen molar-refractivity contribution < 1.29 is 19.1 Å². The van der Waals surface area contributed by atoms with Gasteiger partial charge in [-0.25, -0.2) is 4.79 Å². The van der Waals surface area contributed by atoms with Crippen molar-refractivity contribution in [2.24, 2.45) is 11.8 Å². The lowest BCUT2D eigenvalue weighted by atomic mass is 9.85. The molecule has 3 rings (SSSR count). The van der Waals surface area contributed by atoms with Crippen LogP contribution in [0.2, 0.25) is 0 Å². The summed E-state index contributed by atoms with van der Waals surface area (Å²) in [6.07, 6.45) is 4.97. The predicted molar refractivity (Wildman–Crippen MR) is 74.2 cm³/mol. The summed E-state index contributed by atoms with van der Waals surface area (Å²) < 4.78 is 5.13. The maximum atomic E-state index is 12.2. The summed E-state index contributed by atoms with van der Waals surface area (Å²) in [6.45, 7) is -0.320. The number of hydrogen-bond donors (Lipinski definition) is 0. The van der Waals surface area contributed by atoms with Crippen LogP contribution in [0, 0.1) is 11.8 Å². The van der Waals surface area contributed by atoms with Gasteiger partial charge in [-0.15, -0.1) is 0 Å². The van der Waals surface area contributed by atoms with Gasteiger partial charge in [0.2, 0.25) is 11.8 Å². The van der Waals surface area contributed by atoms with Gasteiger partial charge in [-0.1, -0.05) is 30.4 Å². The second kappa shape index (κ2) is 5.52. The summed E-state index contributed by atoms with van der Waals surface area (Å²) >= 11 is 0. The molecule has 2 aliphatic rings. The second-order valence-corrected chi connectivity index (χ2v) is 5.21. The summed E-state index contributed by atoms with van der Waals surface area (Å²) in [5, 5.41) is 0. The van der Waals surface area contributed by atoms with Gasteiger partial charge in [0.15, 0.2) is 0 Å². The highest BCUT2D eigenvalue weighted by atomic mass is 16.5. The van der Waals surface area contributed by atoms with Gasteiger partial charge in [0, 0.05) is 0 Å². The fourth-order valence-corrected chi connectivity index (χ4v) is 2.81. The average molecular weight is 285 g/mol. The molecule has 1 aliphatic heterocycles. The third kappa shape index (κ3) is 2.59. The van der Waals surface area contributed by atoms with Crippen LogP contribution in [0.4, 0.5) is 0 Å². The molecule has 1 heterocycles. The normalized spacial score (nSPS) is 24.1. The van der Waals surface area contributed by atoms with Crippen molar-refractivity contribution in [1.82, 2.24) is 4.90 Å². The number of fused-ring (bicyclic) bond motifs is 1. The zero-order chi connectivity index (χ0) is 14.8. The Morgan fingerprint density at radius 2 is 1.62 bits per heavy atom. The SMILES string of the molecule is O=C(CN1C(=O)C2CC=CCC2C1=O)Oc1ccccc1. The Bertz CT molecular complexity index is 582. The van der Waals surface area contributed by atoms with Crippen LogP contribution in [0.1, 0.15) is 12.8 Å². The zero-order valence-corrected chi connectivity index (χ0v) is 11.4. The second-order valence-electron chi connectivity index (χ2n) is 5.21. The van der Waals surface area contributed by atoms with Crippen LogP contribution in [0.3, 0.4) is 0 Å². The van der Waals surface area contributed by atoms with E-state index in [1.165, 1.54) is 0 Å². The third-order valence-electron chi connectivity index (χ3n) is 3.86. The van der Waals surface area contributed by atoms with Crippen LogP contribution in [0.5, 0.6) is 5.75 Å². The first-order valence-corrected chi connectivity index (χ1v) is 6.93. The molecular weight excluding hydrogens is 270 g/mol. The number of likely N-dealkylation sites (tertiary alicyclic amines) is 1. The van der Waals surface area contributed by atoms with E-state index in [2.05, 4.69) is 0 Å². The number of hydrogen-bond acceptors (Lipinski definition) is 4. The van der Waals surface area contributed by atoms with Gasteiger partial charge in [0.25, 0.3) is 0 Å². The average Bonchev–Trinajstić information content (AvgIpc) is 2.74. The molecule has 2 unspecified atom stereocenters. The van der Waals surface area contributed by atoms with Crippen molar-refractivity contribution in [3.05, 3.63) is 42.5 Å². The Morgan fingerprint density at radius 3 is 2.19 bits per heavy atom. The predicted octanol–water partition coefficient (Wildman–Crippen LogP) is 1.54. The topological polar surface area (TPSA) is 63.7 Å². The Hall–Kier alpha value is -2.43. The van der Waals surface area contributed by atoms with Gasteiger partial charge in [0.1, 0.15) is 12.3 Å². The van der Waals surface area contributed by atoms with Crippen LogP contribution in [-0.4, -0.2) is 29.2 Å². The number of esters is 1. The molecule has 1 aliphatic carbocycles. The zero-order valence-electron chi connectivity index (χ0n) is 11.4. The molecule has 0 saturated carbocycles. The molecule has 108 valence electrons. The molecule has 1 fully saturated rings. The highest BCUT2D eigenvalue weighted by Gasteiger charge is 2.47. The first-order valence-electron chi connectivity index (χ1n) is 6.93. The Morgan fingerprint density at radius 1 is 1.05 bits per heavy atom. The van der Waals surface area contributed by atoms with E-state index in [0.29, 0.717) is 18.6 Å². The van der Waals surface area contributed by atoms with Crippen molar-refractivity contribution in [1.29, 1.82) is 0 Å². The number of ether oxygens (including phenoxy) is 1. The minimum absolute atomic E-state index is 0.264. The Balaban J connectivity index is 1.66. The lowest BCUT2D eigenvalue weighted by molar-refractivity contribution is -0.148. The summed E-state index contributed by atoms with van der Waals surface area (Å²) in [5.74, 6) is -1.35. The standard InChI is InChI=1S/C16H15NO4/c18-14(21-11-6-2-1-3-7-11)10-17-15(19)12-8-4-5-9-13(12)16(17)20/h1-7,12-13H,8-10H2. The fraction of sp³-hybridized carbons (Fsp3) is 0.312. The van der Waals surface area contributed by atoms with E-state index < -0.39 is 5.97 Å². The first-order chi connectivity index (χ1) is 10.2. The number of allylic oxidation sites excluding steroid dienone is 2. The summed E-state index contributed by atoms with van der Waals surface area (Å²) in [4.78, 5) is 37.3. The molecular formula is C16H15NO4. The molecule has 1 saturated heterocycles. The monoisotopic (exact) mass is 285 g/mol. The number of nitrogens with zero attached hydrogens (tertiary/aromatic N) is 1. The minimum atomic E-state index is -0.602. The van der Waals surface area contributed by atoms with E-state index in [0.717, 1.165) is 4.90 Å². The number of imide groups is 1. The molecule has 5 nitrogen and oxygen atoms in total. The molecule has 0 N–H and O–H groups in total. The van der Waals surface area contributed by atoms with Gasteiger partial charge in [-0.2, -0.15) is 0 Å². The maximum absolute atomic E-state index is 12.2. The fourth-order valence-electron chi connectivity index (χ4n) is 2.81. The molecule has 2 atom stereocenters. The molecule has 0 bridgehead atoms.